The Bertz CT molecular complexity index is 132. The van der Waals surface area contributed by atoms with Gasteiger partial charge in [0.1, 0.15) is 6.10 Å². The molecule has 0 saturated heterocycles. The second kappa shape index (κ2) is 7.97. The molecule has 78 valence electrons. The van der Waals surface area contributed by atoms with Gasteiger partial charge in [0.05, 0.1) is 13.2 Å². The summed E-state index contributed by atoms with van der Waals surface area (Å²) < 4.78 is 5.03. The highest BCUT2D eigenvalue weighted by molar-refractivity contribution is 5.66. The van der Waals surface area contributed by atoms with Crippen molar-refractivity contribution in [2.24, 2.45) is 0 Å². The van der Waals surface area contributed by atoms with Crippen LogP contribution in [0.15, 0.2) is 0 Å². The number of carbonyl (C=O) groups is 1. The number of carboxylic acid groups (broad SMARTS) is 1. The average Bonchev–Trinajstić information content (AvgIpc) is 2.11. The maximum atomic E-state index is 10.1. The van der Waals surface area contributed by atoms with E-state index in [0.29, 0.717) is 19.4 Å². The van der Waals surface area contributed by atoms with Crippen LogP contribution in [0.4, 0.5) is 0 Å². The lowest BCUT2D eigenvalue weighted by atomic mass is 10.2. The fourth-order valence-electron chi connectivity index (χ4n) is 0.791. The van der Waals surface area contributed by atoms with Gasteiger partial charge in [0.25, 0.3) is 0 Å². The maximum absolute atomic E-state index is 10.1. The highest BCUT2D eigenvalue weighted by Gasteiger charge is 2.04. The summed E-state index contributed by atoms with van der Waals surface area (Å²) >= 11 is 0. The Hall–Kier alpha value is -0.650. The topological polar surface area (TPSA) is 87.0 Å². The lowest BCUT2D eigenvalue weighted by molar-refractivity contribution is -0.137. The van der Waals surface area contributed by atoms with Gasteiger partial charge in [-0.2, -0.15) is 0 Å². The Morgan fingerprint density at radius 1 is 1.23 bits per heavy atom. The summed E-state index contributed by atoms with van der Waals surface area (Å²) in [6.45, 7) is -0.0517. The molecular formula is C8H16O5. The second-order valence-corrected chi connectivity index (χ2v) is 2.71. The monoisotopic (exact) mass is 192 g/mol. The van der Waals surface area contributed by atoms with Crippen molar-refractivity contribution < 1.29 is 24.9 Å². The van der Waals surface area contributed by atoms with Crippen LogP contribution in [0, 0.1) is 0 Å². The summed E-state index contributed by atoms with van der Waals surface area (Å²) in [5.74, 6) is -0.819. The summed E-state index contributed by atoms with van der Waals surface area (Å²) in [6, 6.07) is 0. The second-order valence-electron chi connectivity index (χ2n) is 2.71. The van der Waals surface area contributed by atoms with Gasteiger partial charge in [-0.3, -0.25) is 4.79 Å². The smallest absolute Gasteiger partial charge is 0.303 e. The standard InChI is InChI=1S/C8H16O5/c9-5-7(6-10)13-4-2-1-3-8(11)12/h7,9-10H,1-6H2,(H,11,12). The minimum absolute atomic E-state index is 0.131. The lowest BCUT2D eigenvalue weighted by Gasteiger charge is -2.11. The summed E-state index contributed by atoms with van der Waals surface area (Å²) in [5.41, 5.74) is 0. The fraction of sp³-hybridized carbons (Fsp3) is 0.875. The van der Waals surface area contributed by atoms with Gasteiger partial charge in [-0.25, -0.2) is 0 Å². The highest BCUT2D eigenvalue weighted by atomic mass is 16.5. The highest BCUT2D eigenvalue weighted by Crippen LogP contribution is 1.98. The molecule has 13 heavy (non-hydrogen) atoms. The van der Waals surface area contributed by atoms with E-state index in [1.54, 1.807) is 0 Å². The molecule has 0 aromatic heterocycles. The fourth-order valence-corrected chi connectivity index (χ4v) is 0.791. The molecule has 0 heterocycles. The van der Waals surface area contributed by atoms with E-state index in [0.717, 1.165) is 0 Å². The van der Waals surface area contributed by atoms with Crippen LogP contribution in [0.3, 0.4) is 0 Å². The molecule has 0 aliphatic carbocycles. The molecule has 0 aliphatic rings. The summed E-state index contributed by atoms with van der Waals surface area (Å²) in [4.78, 5) is 10.1. The first kappa shape index (κ1) is 12.3. The Morgan fingerprint density at radius 2 is 1.85 bits per heavy atom. The largest absolute Gasteiger partial charge is 0.481 e. The molecule has 0 fully saturated rings. The number of unbranched alkanes of at least 4 members (excludes halogenated alkanes) is 1. The number of ether oxygens (including phenoxy) is 1. The first-order chi connectivity index (χ1) is 6.20. The first-order valence-electron chi connectivity index (χ1n) is 4.25. The van der Waals surface area contributed by atoms with Crippen LogP contribution in [0.5, 0.6) is 0 Å². The molecule has 3 N–H and O–H groups in total. The molecule has 0 amide bonds. The third-order valence-corrected chi connectivity index (χ3v) is 1.55. The molecule has 0 atom stereocenters. The normalized spacial score (nSPS) is 10.7. The van der Waals surface area contributed by atoms with Gasteiger partial charge in [-0.15, -0.1) is 0 Å². The number of hydrogen-bond donors (Lipinski definition) is 3. The lowest BCUT2D eigenvalue weighted by Crippen LogP contribution is -2.22. The van der Waals surface area contributed by atoms with Crippen molar-refractivity contribution in [3.8, 4) is 0 Å². The molecule has 0 saturated carbocycles. The van der Waals surface area contributed by atoms with Crippen LogP contribution in [0.2, 0.25) is 0 Å². The molecule has 0 aromatic rings. The van der Waals surface area contributed by atoms with Crippen molar-refractivity contribution >= 4 is 5.97 Å². The molecule has 0 rings (SSSR count). The Balaban J connectivity index is 3.19. The van der Waals surface area contributed by atoms with E-state index in [1.807, 2.05) is 0 Å². The van der Waals surface area contributed by atoms with Crippen molar-refractivity contribution in [1.82, 2.24) is 0 Å². The minimum atomic E-state index is -0.819. The average molecular weight is 192 g/mol. The predicted octanol–water partition coefficient (Wildman–Crippen LogP) is -0.389. The van der Waals surface area contributed by atoms with Gasteiger partial charge in [-0.1, -0.05) is 0 Å². The van der Waals surface area contributed by atoms with Crippen LogP contribution in [-0.2, 0) is 9.53 Å². The predicted molar refractivity (Wildman–Crippen MR) is 45.4 cm³/mol. The van der Waals surface area contributed by atoms with Crippen molar-refractivity contribution in [2.75, 3.05) is 19.8 Å². The van der Waals surface area contributed by atoms with Crippen LogP contribution in [0.25, 0.3) is 0 Å². The summed E-state index contributed by atoms with van der Waals surface area (Å²) in [6.07, 6.45) is 0.776. The molecule has 0 radical (unpaired) electrons. The number of hydrogen-bond acceptors (Lipinski definition) is 4. The summed E-state index contributed by atoms with van der Waals surface area (Å²) in [5, 5.41) is 25.5. The van der Waals surface area contributed by atoms with E-state index in [1.165, 1.54) is 0 Å². The third kappa shape index (κ3) is 7.70. The number of aliphatic carboxylic acids is 1. The summed E-state index contributed by atoms with van der Waals surface area (Å²) in [7, 11) is 0. The van der Waals surface area contributed by atoms with Crippen LogP contribution in [-0.4, -0.2) is 47.2 Å². The first-order valence-corrected chi connectivity index (χ1v) is 4.25. The zero-order chi connectivity index (χ0) is 10.1. The molecule has 0 aromatic carbocycles. The number of rotatable bonds is 8. The van der Waals surface area contributed by atoms with Crippen LogP contribution >= 0.6 is 0 Å². The minimum Gasteiger partial charge on any atom is -0.481 e. The van der Waals surface area contributed by atoms with E-state index in [9.17, 15) is 4.79 Å². The Morgan fingerprint density at radius 3 is 2.31 bits per heavy atom. The molecular weight excluding hydrogens is 176 g/mol. The van der Waals surface area contributed by atoms with Gasteiger partial charge < -0.3 is 20.1 Å². The molecule has 0 unspecified atom stereocenters. The van der Waals surface area contributed by atoms with Crippen LogP contribution < -0.4 is 0 Å². The van der Waals surface area contributed by atoms with Crippen LogP contribution in [0.1, 0.15) is 19.3 Å². The zero-order valence-corrected chi connectivity index (χ0v) is 7.48. The van der Waals surface area contributed by atoms with Crippen molar-refractivity contribution in [3.63, 3.8) is 0 Å². The Labute approximate surface area is 77.0 Å². The van der Waals surface area contributed by atoms with E-state index < -0.39 is 12.1 Å². The van der Waals surface area contributed by atoms with Gasteiger partial charge >= 0.3 is 5.97 Å². The molecule has 5 nitrogen and oxygen atoms in total. The van der Waals surface area contributed by atoms with Crippen molar-refractivity contribution in [2.45, 2.75) is 25.4 Å². The van der Waals surface area contributed by atoms with Gasteiger partial charge in [0.2, 0.25) is 0 Å². The SMILES string of the molecule is O=C(O)CCCCOC(CO)CO. The van der Waals surface area contributed by atoms with E-state index in [4.69, 9.17) is 20.1 Å². The maximum Gasteiger partial charge on any atom is 0.303 e. The Kier molecular flexibility index (Phi) is 7.57. The molecule has 0 spiro atoms. The van der Waals surface area contributed by atoms with Crippen molar-refractivity contribution in [3.05, 3.63) is 0 Å². The van der Waals surface area contributed by atoms with Gasteiger partial charge in [0, 0.05) is 13.0 Å². The van der Waals surface area contributed by atoms with E-state index >= 15 is 0 Å². The molecule has 0 aliphatic heterocycles. The van der Waals surface area contributed by atoms with E-state index in [2.05, 4.69) is 0 Å². The number of carboxylic acids is 1. The van der Waals surface area contributed by atoms with Gasteiger partial charge in [-0.05, 0) is 12.8 Å². The number of aliphatic hydroxyl groups is 2. The molecule has 5 heteroatoms. The third-order valence-electron chi connectivity index (χ3n) is 1.55. The van der Waals surface area contributed by atoms with Crippen molar-refractivity contribution in [1.29, 1.82) is 0 Å². The molecule has 0 bridgehead atoms. The zero-order valence-electron chi connectivity index (χ0n) is 7.48. The number of aliphatic hydroxyl groups excluding tert-OH is 2. The quantitative estimate of drug-likeness (QED) is 0.456. The van der Waals surface area contributed by atoms with Gasteiger partial charge in [0.15, 0.2) is 0 Å². The van der Waals surface area contributed by atoms with E-state index in [-0.39, 0.29) is 19.6 Å².